The Bertz CT molecular complexity index is 510. The van der Waals surface area contributed by atoms with Gasteiger partial charge in [-0.25, -0.2) is 9.97 Å². The van der Waals surface area contributed by atoms with E-state index in [0.717, 1.165) is 34.4 Å². The van der Waals surface area contributed by atoms with Crippen molar-refractivity contribution >= 4 is 27.8 Å². The summed E-state index contributed by atoms with van der Waals surface area (Å²) in [5.41, 5.74) is 3.93. The summed E-state index contributed by atoms with van der Waals surface area (Å²) >= 11 is 3.18. The van der Waals surface area contributed by atoms with Crippen molar-refractivity contribution in [1.82, 2.24) is 9.97 Å². The molecule has 2 rings (SSSR count). The maximum Gasteiger partial charge on any atom is 0.185 e. The van der Waals surface area contributed by atoms with Gasteiger partial charge in [0, 0.05) is 12.4 Å². The van der Waals surface area contributed by atoms with Crippen molar-refractivity contribution in [3.8, 4) is 0 Å². The van der Waals surface area contributed by atoms with Crippen LogP contribution in [-0.4, -0.2) is 22.1 Å². The summed E-state index contributed by atoms with van der Waals surface area (Å²) in [4.78, 5) is 12.0. The highest BCUT2D eigenvalue weighted by molar-refractivity contribution is 7.15. The van der Waals surface area contributed by atoms with E-state index >= 15 is 0 Å². The fraction of sp³-hybridized carbons (Fsp3) is 0.538. The van der Waals surface area contributed by atoms with Crippen LogP contribution in [0.4, 0.5) is 5.13 Å². The lowest BCUT2D eigenvalue weighted by Crippen LogP contribution is -2.16. The molecule has 0 radical (unpaired) electrons. The van der Waals surface area contributed by atoms with Crippen molar-refractivity contribution in [1.29, 1.82) is 0 Å². The number of nitrogens with zero attached hydrogens (tertiary/aromatic N) is 3. The molecule has 2 aromatic heterocycles. The van der Waals surface area contributed by atoms with Gasteiger partial charge in [0.15, 0.2) is 5.13 Å². The molecule has 6 heteroatoms. The van der Waals surface area contributed by atoms with E-state index in [4.69, 9.17) is 4.98 Å². The average molecular weight is 297 g/mol. The zero-order chi connectivity index (χ0) is 13.8. The van der Waals surface area contributed by atoms with E-state index in [-0.39, 0.29) is 6.61 Å². The first-order valence-corrected chi connectivity index (χ1v) is 8.10. The van der Waals surface area contributed by atoms with E-state index in [2.05, 4.69) is 23.7 Å². The molecule has 0 aliphatic heterocycles. The Kier molecular flexibility index (Phi) is 4.90. The Labute approximate surface area is 121 Å². The summed E-state index contributed by atoms with van der Waals surface area (Å²) in [6.07, 6.45) is 1.03. The van der Waals surface area contributed by atoms with Gasteiger partial charge in [-0.05, 0) is 12.3 Å². The van der Waals surface area contributed by atoms with Gasteiger partial charge in [-0.15, -0.1) is 11.3 Å². The second kappa shape index (κ2) is 6.45. The van der Waals surface area contributed by atoms with Crippen LogP contribution in [0.1, 0.15) is 42.5 Å². The van der Waals surface area contributed by atoms with Gasteiger partial charge in [-0.1, -0.05) is 25.2 Å². The van der Waals surface area contributed by atoms with E-state index in [1.807, 2.05) is 17.9 Å². The Morgan fingerprint density at radius 1 is 1.47 bits per heavy atom. The summed E-state index contributed by atoms with van der Waals surface area (Å²) in [5, 5.41) is 12.5. The van der Waals surface area contributed by atoms with Crippen LogP contribution in [0.25, 0.3) is 0 Å². The van der Waals surface area contributed by atoms with E-state index in [9.17, 15) is 5.11 Å². The second-order valence-electron chi connectivity index (χ2n) is 4.61. The lowest BCUT2D eigenvalue weighted by Gasteiger charge is -2.13. The quantitative estimate of drug-likeness (QED) is 0.889. The van der Waals surface area contributed by atoms with Gasteiger partial charge in [0.1, 0.15) is 0 Å². The van der Waals surface area contributed by atoms with E-state index in [1.54, 1.807) is 22.7 Å². The normalized spacial score (nSPS) is 12.6. The van der Waals surface area contributed by atoms with Gasteiger partial charge >= 0.3 is 0 Å². The first kappa shape index (κ1) is 14.4. The van der Waals surface area contributed by atoms with E-state index in [0.29, 0.717) is 5.92 Å². The summed E-state index contributed by atoms with van der Waals surface area (Å²) in [6.45, 7) is 5.12. The van der Waals surface area contributed by atoms with Crippen molar-refractivity contribution in [3.63, 3.8) is 0 Å². The van der Waals surface area contributed by atoms with Crippen molar-refractivity contribution in [2.75, 3.05) is 11.9 Å². The lowest BCUT2D eigenvalue weighted by atomic mass is 10.0. The lowest BCUT2D eigenvalue weighted by molar-refractivity contribution is 0.283. The number of thiazole rings is 2. The minimum Gasteiger partial charge on any atom is -0.391 e. The average Bonchev–Trinajstić information content (AvgIpc) is 3.06. The Balaban J connectivity index is 2.18. The molecule has 4 nitrogen and oxygen atoms in total. The molecule has 0 saturated heterocycles. The number of hydrogen-bond acceptors (Lipinski definition) is 6. The highest BCUT2D eigenvalue weighted by Crippen LogP contribution is 2.32. The number of aliphatic hydroxyl groups is 1. The molecule has 0 aromatic carbocycles. The molecule has 0 aliphatic carbocycles. The van der Waals surface area contributed by atoms with Crippen LogP contribution in [0.2, 0.25) is 0 Å². The first-order valence-electron chi connectivity index (χ1n) is 6.34. The molecule has 2 aromatic rings. The molecule has 1 N–H and O–H groups in total. The Hall–Kier alpha value is -0.980. The maximum absolute atomic E-state index is 9.46. The van der Waals surface area contributed by atoms with Crippen LogP contribution in [0.15, 0.2) is 10.9 Å². The monoisotopic (exact) mass is 297 g/mol. The predicted octanol–water partition coefficient (Wildman–Crippen LogP) is 3.24. The maximum atomic E-state index is 9.46. The third kappa shape index (κ3) is 3.32. The molecule has 0 bridgehead atoms. The molecule has 0 amide bonds. The third-order valence-electron chi connectivity index (χ3n) is 3.15. The van der Waals surface area contributed by atoms with Crippen molar-refractivity contribution in [2.24, 2.45) is 0 Å². The molecule has 1 unspecified atom stereocenters. The molecule has 19 heavy (non-hydrogen) atoms. The number of aromatic nitrogens is 2. The molecular formula is C13H19N3OS2. The van der Waals surface area contributed by atoms with Crippen molar-refractivity contribution in [2.45, 2.75) is 39.3 Å². The standard InChI is InChI=1S/C13H19N3OS2/c1-4-9(2)12-11(6-17)19-13(15-12)16(3)5-10-7-18-8-14-10/h7-9,17H,4-6H2,1-3H3. The van der Waals surface area contributed by atoms with E-state index < -0.39 is 0 Å². The number of rotatable bonds is 6. The molecular weight excluding hydrogens is 278 g/mol. The van der Waals surface area contributed by atoms with Crippen LogP contribution in [0.5, 0.6) is 0 Å². The van der Waals surface area contributed by atoms with Gasteiger partial charge < -0.3 is 10.0 Å². The van der Waals surface area contributed by atoms with Gasteiger partial charge in [-0.2, -0.15) is 0 Å². The summed E-state index contributed by atoms with van der Waals surface area (Å²) in [7, 11) is 2.01. The summed E-state index contributed by atoms with van der Waals surface area (Å²) in [5.74, 6) is 0.389. The minimum atomic E-state index is 0.0713. The van der Waals surface area contributed by atoms with Crippen LogP contribution in [-0.2, 0) is 13.2 Å². The fourth-order valence-corrected chi connectivity index (χ4v) is 3.38. The molecule has 104 valence electrons. The number of anilines is 1. The highest BCUT2D eigenvalue weighted by Gasteiger charge is 2.17. The first-order chi connectivity index (χ1) is 9.15. The second-order valence-corrected chi connectivity index (χ2v) is 6.39. The van der Waals surface area contributed by atoms with Gasteiger partial charge in [-0.3, -0.25) is 0 Å². The van der Waals surface area contributed by atoms with Crippen LogP contribution >= 0.6 is 22.7 Å². The topological polar surface area (TPSA) is 49.2 Å². The smallest absolute Gasteiger partial charge is 0.185 e. The fourth-order valence-electron chi connectivity index (χ4n) is 1.83. The van der Waals surface area contributed by atoms with Gasteiger partial charge in [0.05, 0.1) is 34.9 Å². The summed E-state index contributed by atoms with van der Waals surface area (Å²) in [6, 6.07) is 0. The van der Waals surface area contributed by atoms with Crippen molar-refractivity contribution in [3.05, 3.63) is 27.2 Å². The minimum absolute atomic E-state index is 0.0713. The zero-order valence-electron chi connectivity index (χ0n) is 11.5. The molecule has 1 atom stereocenters. The molecule has 0 aliphatic rings. The van der Waals surface area contributed by atoms with Gasteiger partial charge in [0.2, 0.25) is 0 Å². The Morgan fingerprint density at radius 3 is 2.84 bits per heavy atom. The molecule has 0 saturated carbocycles. The number of aliphatic hydroxyl groups excluding tert-OH is 1. The predicted molar refractivity (Wildman–Crippen MR) is 81.0 cm³/mol. The van der Waals surface area contributed by atoms with Crippen molar-refractivity contribution < 1.29 is 5.11 Å². The SMILES string of the molecule is CCC(C)c1nc(N(C)Cc2cscn2)sc1CO. The molecule has 0 fully saturated rings. The van der Waals surface area contributed by atoms with Crippen LogP contribution < -0.4 is 4.90 Å². The molecule has 0 spiro atoms. The zero-order valence-corrected chi connectivity index (χ0v) is 13.1. The largest absolute Gasteiger partial charge is 0.391 e. The Morgan fingerprint density at radius 2 is 2.26 bits per heavy atom. The van der Waals surface area contributed by atoms with Crippen LogP contribution in [0, 0.1) is 0 Å². The molecule has 2 heterocycles. The number of hydrogen-bond donors (Lipinski definition) is 1. The highest BCUT2D eigenvalue weighted by atomic mass is 32.1. The van der Waals surface area contributed by atoms with Gasteiger partial charge in [0.25, 0.3) is 0 Å². The summed E-state index contributed by atoms with van der Waals surface area (Å²) < 4.78 is 0. The van der Waals surface area contributed by atoms with E-state index in [1.165, 1.54) is 0 Å². The van der Waals surface area contributed by atoms with Crippen LogP contribution in [0.3, 0.4) is 0 Å². The third-order valence-corrected chi connectivity index (χ3v) is 4.95.